The Kier molecular flexibility index (Phi) is 5.51. The first-order chi connectivity index (χ1) is 7.93. The lowest BCUT2D eigenvalue weighted by Crippen LogP contribution is -2.27. The summed E-state index contributed by atoms with van der Waals surface area (Å²) in [5.74, 6) is 2.67. The van der Waals surface area contributed by atoms with E-state index in [9.17, 15) is 8.42 Å². The molecule has 0 radical (unpaired) electrons. The van der Waals surface area contributed by atoms with Crippen molar-refractivity contribution in [2.24, 2.45) is 5.14 Å². The van der Waals surface area contributed by atoms with E-state index >= 15 is 0 Å². The maximum Gasteiger partial charge on any atom is 0.271 e. The molecule has 0 aromatic carbocycles. The number of nitrogens with one attached hydrogen (secondary N) is 1. The fourth-order valence-electron chi connectivity index (χ4n) is 1.23. The number of sulfonamides is 1. The van der Waals surface area contributed by atoms with Crippen molar-refractivity contribution in [2.45, 2.75) is 31.5 Å². The molecule has 0 amide bonds. The van der Waals surface area contributed by atoms with Gasteiger partial charge in [-0.3, -0.25) is 0 Å². The zero-order valence-corrected chi connectivity index (χ0v) is 11.6. The predicted octanol–water partition coefficient (Wildman–Crippen LogP) is 1.16. The van der Waals surface area contributed by atoms with Crippen LogP contribution in [0.5, 0.6) is 0 Å². The average molecular weight is 278 g/mol. The summed E-state index contributed by atoms with van der Waals surface area (Å²) in [5.41, 5.74) is 0. The molecule has 0 aliphatic rings. The van der Waals surface area contributed by atoms with Crippen LogP contribution in [-0.2, 0) is 16.6 Å². The molecule has 0 fully saturated rings. The summed E-state index contributed by atoms with van der Waals surface area (Å²) in [4.78, 5) is 0. The van der Waals surface area contributed by atoms with Gasteiger partial charge in [0.25, 0.3) is 10.0 Å². The second kappa shape index (κ2) is 6.44. The topological polar surface area (TPSA) is 85.3 Å². The maximum atomic E-state index is 11.0. The molecule has 1 unspecified atom stereocenters. The Labute approximate surface area is 106 Å². The van der Waals surface area contributed by atoms with E-state index in [4.69, 9.17) is 9.56 Å². The van der Waals surface area contributed by atoms with Crippen LogP contribution in [0, 0.1) is 0 Å². The van der Waals surface area contributed by atoms with Gasteiger partial charge in [0.15, 0.2) is 0 Å². The lowest BCUT2D eigenvalue weighted by atomic mass is 10.3. The van der Waals surface area contributed by atoms with Crippen molar-refractivity contribution < 1.29 is 12.8 Å². The Hall–Kier alpha value is -0.500. The Bertz CT molecular complexity index is 442. The molecule has 17 heavy (non-hydrogen) atoms. The van der Waals surface area contributed by atoms with Crippen molar-refractivity contribution >= 4 is 21.8 Å². The number of rotatable bonds is 7. The van der Waals surface area contributed by atoms with Crippen LogP contribution in [0.1, 0.15) is 19.6 Å². The van der Waals surface area contributed by atoms with Crippen molar-refractivity contribution in [1.29, 1.82) is 0 Å². The van der Waals surface area contributed by atoms with Gasteiger partial charge in [0.2, 0.25) is 5.09 Å². The number of thioether (sulfide) groups is 1. The van der Waals surface area contributed by atoms with E-state index in [0.717, 1.165) is 11.5 Å². The average Bonchev–Trinajstić information content (AvgIpc) is 2.71. The summed E-state index contributed by atoms with van der Waals surface area (Å²) in [6.07, 6.45) is 0. The summed E-state index contributed by atoms with van der Waals surface area (Å²) in [6, 6.07) is 3.34. The standard InChI is InChI=1S/C10H18N2O3S2/c1-3-16-7-8(2)12-6-9-4-5-10(15-9)17(11,13)14/h4-5,8,12H,3,6-7H2,1-2H3,(H2,11,13,14). The second-order valence-corrected chi connectivity index (χ2v) is 6.52. The summed E-state index contributed by atoms with van der Waals surface area (Å²) in [7, 11) is -3.73. The summed E-state index contributed by atoms with van der Waals surface area (Å²) in [5, 5.41) is 8.00. The molecule has 1 aromatic heterocycles. The number of furan rings is 1. The quantitative estimate of drug-likeness (QED) is 0.781. The van der Waals surface area contributed by atoms with Crippen LogP contribution in [0.25, 0.3) is 0 Å². The zero-order chi connectivity index (χ0) is 12.9. The van der Waals surface area contributed by atoms with E-state index in [1.54, 1.807) is 6.07 Å². The number of nitrogens with two attached hydrogens (primary N) is 1. The van der Waals surface area contributed by atoms with Crippen LogP contribution in [0.2, 0.25) is 0 Å². The van der Waals surface area contributed by atoms with Gasteiger partial charge in [-0.25, -0.2) is 13.6 Å². The van der Waals surface area contributed by atoms with Crippen LogP contribution >= 0.6 is 11.8 Å². The van der Waals surface area contributed by atoms with E-state index in [2.05, 4.69) is 19.2 Å². The van der Waals surface area contributed by atoms with Crippen molar-refractivity contribution in [2.75, 3.05) is 11.5 Å². The van der Waals surface area contributed by atoms with Crippen molar-refractivity contribution in [3.63, 3.8) is 0 Å². The molecule has 3 N–H and O–H groups in total. The molecule has 0 aliphatic heterocycles. The molecule has 1 atom stereocenters. The highest BCUT2D eigenvalue weighted by Crippen LogP contribution is 2.12. The van der Waals surface area contributed by atoms with Crippen LogP contribution in [0.3, 0.4) is 0 Å². The third kappa shape index (κ3) is 5.12. The summed E-state index contributed by atoms with van der Waals surface area (Å²) < 4.78 is 27.1. The van der Waals surface area contributed by atoms with Gasteiger partial charge in [-0.05, 0) is 24.8 Å². The normalized spacial score (nSPS) is 13.8. The Balaban J connectivity index is 2.45. The Morgan fingerprint density at radius 3 is 2.76 bits per heavy atom. The van der Waals surface area contributed by atoms with Gasteiger partial charge in [0, 0.05) is 11.8 Å². The van der Waals surface area contributed by atoms with Crippen LogP contribution in [0.4, 0.5) is 0 Å². The number of hydrogen-bond donors (Lipinski definition) is 2. The van der Waals surface area contributed by atoms with Crippen molar-refractivity contribution in [3.8, 4) is 0 Å². The van der Waals surface area contributed by atoms with Gasteiger partial charge in [-0.15, -0.1) is 0 Å². The van der Waals surface area contributed by atoms with Gasteiger partial charge >= 0.3 is 0 Å². The summed E-state index contributed by atoms with van der Waals surface area (Å²) >= 11 is 1.85. The van der Waals surface area contributed by atoms with E-state index in [0.29, 0.717) is 18.3 Å². The van der Waals surface area contributed by atoms with Gasteiger partial charge < -0.3 is 9.73 Å². The molecule has 0 aliphatic carbocycles. The molecule has 1 aromatic rings. The Morgan fingerprint density at radius 2 is 2.24 bits per heavy atom. The third-order valence-electron chi connectivity index (χ3n) is 2.11. The molecule has 98 valence electrons. The van der Waals surface area contributed by atoms with E-state index in [1.807, 2.05) is 11.8 Å². The van der Waals surface area contributed by atoms with Gasteiger partial charge in [0.05, 0.1) is 6.54 Å². The Morgan fingerprint density at radius 1 is 1.53 bits per heavy atom. The van der Waals surface area contributed by atoms with Crippen LogP contribution in [-0.4, -0.2) is 26.0 Å². The maximum absolute atomic E-state index is 11.0. The lowest BCUT2D eigenvalue weighted by Gasteiger charge is -2.11. The highest BCUT2D eigenvalue weighted by molar-refractivity contribution is 7.99. The molecular formula is C10H18N2O3S2. The third-order valence-corrected chi connectivity index (χ3v) is 4.04. The second-order valence-electron chi connectivity index (χ2n) is 3.71. The van der Waals surface area contributed by atoms with E-state index in [-0.39, 0.29) is 5.09 Å². The van der Waals surface area contributed by atoms with Gasteiger partial charge in [0.1, 0.15) is 5.76 Å². The largest absolute Gasteiger partial charge is 0.447 e. The number of hydrogen-bond acceptors (Lipinski definition) is 5. The molecule has 7 heteroatoms. The molecule has 0 saturated carbocycles. The smallest absolute Gasteiger partial charge is 0.271 e. The van der Waals surface area contributed by atoms with E-state index in [1.165, 1.54) is 6.07 Å². The first kappa shape index (κ1) is 14.6. The monoisotopic (exact) mass is 278 g/mol. The predicted molar refractivity (Wildman–Crippen MR) is 69.4 cm³/mol. The van der Waals surface area contributed by atoms with Crippen molar-refractivity contribution in [1.82, 2.24) is 5.32 Å². The highest BCUT2D eigenvalue weighted by Gasteiger charge is 2.13. The minimum Gasteiger partial charge on any atom is -0.447 e. The molecule has 5 nitrogen and oxygen atoms in total. The van der Waals surface area contributed by atoms with Crippen LogP contribution < -0.4 is 10.5 Å². The first-order valence-corrected chi connectivity index (χ1v) is 8.06. The zero-order valence-electron chi connectivity index (χ0n) is 9.97. The molecule has 0 bridgehead atoms. The highest BCUT2D eigenvalue weighted by atomic mass is 32.2. The summed E-state index contributed by atoms with van der Waals surface area (Å²) in [6.45, 7) is 4.69. The number of primary sulfonamides is 1. The fourth-order valence-corrected chi connectivity index (χ4v) is 2.42. The van der Waals surface area contributed by atoms with Crippen molar-refractivity contribution in [3.05, 3.63) is 17.9 Å². The minimum atomic E-state index is -3.73. The molecule has 0 spiro atoms. The fraction of sp³-hybridized carbons (Fsp3) is 0.600. The first-order valence-electron chi connectivity index (χ1n) is 5.36. The SMILES string of the molecule is CCSCC(C)NCc1ccc(S(N)(=O)=O)o1. The van der Waals surface area contributed by atoms with Gasteiger partial charge in [-0.1, -0.05) is 6.92 Å². The van der Waals surface area contributed by atoms with Crippen LogP contribution in [0.15, 0.2) is 21.6 Å². The molecule has 1 rings (SSSR count). The molecule has 1 heterocycles. The molecule has 0 saturated heterocycles. The molecular weight excluding hydrogens is 260 g/mol. The lowest BCUT2D eigenvalue weighted by molar-refractivity contribution is 0.396. The van der Waals surface area contributed by atoms with E-state index < -0.39 is 10.0 Å². The van der Waals surface area contributed by atoms with Gasteiger partial charge in [-0.2, -0.15) is 11.8 Å². The minimum absolute atomic E-state index is 0.190.